The van der Waals surface area contributed by atoms with Crippen LogP contribution < -0.4 is 10.2 Å². The van der Waals surface area contributed by atoms with Gasteiger partial charge in [0.05, 0.1) is 0 Å². The first kappa shape index (κ1) is 18.2. The monoisotopic (exact) mass is 366 g/mol. The molecule has 0 amide bonds. The van der Waals surface area contributed by atoms with E-state index < -0.39 is 0 Å². The Labute approximate surface area is 159 Å². The summed E-state index contributed by atoms with van der Waals surface area (Å²) in [5.41, 5.74) is 3.35. The van der Waals surface area contributed by atoms with Gasteiger partial charge in [-0.25, -0.2) is 4.98 Å². The van der Waals surface area contributed by atoms with Gasteiger partial charge in [-0.2, -0.15) is 4.98 Å². The molecule has 1 N–H and O–H groups in total. The van der Waals surface area contributed by atoms with E-state index in [1.807, 2.05) is 43.3 Å². The Bertz CT molecular complexity index is 834. The van der Waals surface area contributed by atoms with Crippen molar-refractivity contribution in [1.29, 1.82) is 0 Å². The Kier molecular flexibility index (Phi) is 6.08. The number of anilines is 2. The second kappa shape index (κ2) is 8.68. The molecule has 5 heteroatoms. The largest absolute Gasteiger partial charge is 0.366 e. The highest BCUT2D eigenvalue weighted by atomic mass is 35.5. The van der Waals surface area contributed by atoms with Gasteiger partial charge < -0.3 is 10.2 Å². The van der Waals surface area contributed by atoms with Crippen molar-refractivity contribution in [3.05, 3.63) is 82.5 Å². The van der Waals surface area contributed by atoms with Gasteiger partial charge in [0.25, 0.3) is 0 Å². The smallest absolute Gasteiger partial charge is 0.227 e. The molecule has 134 valence electrons. The van der Waals surface area contributed by atoms with Crippen molar-refractivity contribution >= 4 is 23.4 Å². The zero-order chi connectivity index (χ0) is 18.4. The van der Waals surface area contributed by atoms with Crippen LogP contribution in [0, 0.1) is 6.92 Å². The lowest BCUT2D eigenvalue weighted by molar-refractivity contribution is 0.787. The van der Waals surface area contributed by atoms with Crippen molar-refractivity contribution in [3.8, 4) is 0 Å². The van der Waals surface area contributed by atoms with Gasteiger partial charge in [-0.05, 0) is 37.1 Å². The Morgan fingerprint density at radius 1 is 0.962 bits per heavy atom. The molecular formula is C21H23ClN4. The van der Waals surface area contributed by atoms with E-state index >= 15 is 0 Å². The Balaban J connectivity index is 1.74. The topological polar surface area (TPSA) is 41.1 Å². The number of halogens is 1. The van der Waals surface area contributed by atoms with Crippen LogP contribution in [0.1, 0.15) is 23.7 Å². The summed E-state index contributed by atoms with van der Waals surface area (Å²) in [5.74, 6) is 1.57. The molecular weight excluding hydrogens is 344 g/mol. The third kappa shape index (κ3) is 4.96. The molecule has 0 bridgehead atoms. The SMILES string of the molecule is CCN(Cc1ccccc1)c1nc(C)cc(NCc2ccc(Cl)cc2)n1. The number of hydrogen-bond acceptors (Lipinski definition) is 4. The first-order valence-corrected chi connectivity index (χ1v) is 9.14. The van der Waals surface area contributed by atoms with E-state index in [-0.39, 0.29) is 0 Å². The zero-order valence-electron chi connectivity index (χ0n) is 15.1. The minimum absolute atomic E-state index is 0.692. The molecule has 0 atom stereocenters. The van der Waals surface area contributed by atoms with E-state index in [9.17, 15) is 0 Å². The van der Waals surface area contributed by atoms with E-state index in [1.165, 1.54) is 5.56 Å². The summed E-state index contributed by atoms with van der Waals surface area (Å²) < 4.78 is 0. The Hall–Kier alpha value is -2.59. The fraction of sp³-hybridized carbons (Fsp3) is 0.238. The summed E-state index contributed by atoms with van der Waals surface area (Å²) in [5, 5.41) is 4.13. The lowest BCUT2D eigenvalue weighted by Gasteiger charge is -2.22. The van der Waals surface area contributed by atoms with Crippen LogP contribution in [0.4, 0.5) is 11.8 Å². The van der Waals surface area contributed by atoms with Crippen molar-refractivity contribution in [3.63, 3.8) is 0 Å². The summed E-state index contributed by atoms with van der Waals surface area (Å²) in [7, 11) is 0. The predicted molar refractivity (Wildman–Crippen MR) is 109 cm³/mol. The average Bonchev–Trinajstić information content (AvgIpc) is 2.66. The van der Waals surface area contributed by atoms with Crippen molar-refractivity contribution in [1.82, 2.24) is 9.97 Å². The van der Waals surface area contributed by atoms with Crippen LogP contribution in [0.5, 0.6) is 0 Å². The first-order valence-electron chi connectivity index (χ1n) is 8.77. The van der Waals surface area contributed by atoms with Crippen LogP contribution in [-0.4, -0.2) is 16.5 Å². The minimum Gasteiger partial charge on any atom is -0.366 e. The lowest BCUT2D eigenvalue weighted by atomic mass is 10.2. The Morgan fingerprint density at radius 2 is 1.69 bits per heavy atom. The molecule has 3 aromatic rings. The number of aromatic nitrogens is 2. The molecule has 0 aliphatic carbocycles. The third-order valence-corrected chi connectivity index (χ3v) is 4.36. The molecule has 0 radical (unpaired) electrons. The van der Waals surface area contributed by atoms with Gasteiger partial charge in [0.2, 0.25) is 5.95 Å². The number of benzene rings is 2. The number of rotatable bonds is 7. The molecule has 0 aliphatic heterocycles. The minimum atomic E-state index is 0.692. The van der Waals surface area contributed by atoms with Gasteiger partial charge in [0, 0.05) is 36.4 Å². The molecule has 0 saturated heterocycles. The fourth-order valence-corrected chi connectivity index (χ4v) is 2.83. The van der Waals surface area contributed by atoms with E-state index in [4.69, 9.17) is 16.6 Å². The second-order valence-electron chi connectivity index (χ2n) is 6.17. The Morgan fingerprint density at radius 3 is 2.38 bits per heavy atom. The van der Waals surface area contributed by atoms with E-state index in [2.05, 4.69) is 46.4 Å². The van der Waals surface area contributed by atoms with Gasteiger partial charge in [0.1, 0.15) is 5.82 Å². The maximum atomic E-state index is 5.94. The molecule has 4 nitrogen and oxygen atoms in total. The maximum Gasteiger partial charge on any atom is 0.227 e. The second-order valence-corrected chi connectivity index (χ2v) is 6.61. The highest BCUT2D eigenvalue weighted by molar-refractivity contribution is 6.30. The highest BCUT2D eigenvalue weighted by Gasteiger charge is 2.10. The molecule has 0 unspecified atom stereocenters. The van der Waals surface area contributed by atoms with Crippen LogP contribution in [0.15, 0.2) is 60.7 Å². The van der Waals surface area contributed by atoms with Crippen LogP contribution in [0.25, 0.3) is 0 Å². The van der Waals surface area contributed by atoms with Gasteiger partial charge in [0.15, 0.2) is 0 Å². The summed E-state index contributed by atoms with van der Waals surface area (Å²) in [6.07, 6.45) is 0. The summed E-state index contributed by atoms with van der Waals surface area (Å²) in [6.45, 7) is 6.44. The maximum absolute atomic E-state index is 5.94. The molecule has 0 saturated carbocycles. The lowest BCUT2D eigenvalue weighted by Crippen LogP contribution is -2.24. The first-order chi connectivity index (χ1) is 12.6. The molecule has 3 rings (SSSR count). The van der Waals surface area contributed by atoms with Crippen molar-refractivity contribution in [2.45, 2.75) is 26.9 Å². The van der Waals surface area contributed by atoms with Crippen LogP contribution in [0.2, 0.25) is 5.02 Å². The predicted octanol–water partition coefficient (Wildman–Crippen LogP) is 5.08. The number of hydrogen-bond donors (Lipinski definition) is 1. The molecule has 0 aliphatic rings. The highest BCUT2D eigenvalue weighted by Crippen LogP contribution is 2.17. The average molecular weight is 367 g/mol. The van der Waals surface area contributed by atoms with Gasteiger partial charge in [-0.15, -0.1) is 0 Å². The van der Waals surface area contributed by atoms with E-state index in [0.29, 0.717) is 6.54 Å². The van der Waals surface area contributed by atoms with Crippen LogP contribution in [0.3, 0.4) is 0 Å². The van der Waals surface area contributed by atoms with E-state index in [0.717, 1.165) is 41.1 Å². The number of nitrogens with zero attached hydrogens (tertiary/aromatic N) is 3. The number of nitrogens with one attached hydrogen (secondary N) is 1. The van der Waals surface area contributed by atoms with Crippen molar-refractivity contribution in [2.75, 3.05) is 16.8 Å². The molecule has 0 fully saturated rings. The molecule has 26 heavy (non-hydrogen) atoms. The fourth-order valence-electron chi connectivity index (χ4n) is 2.71. The van der Waals surface area contributed by atoms with Crippen molar-refractivity contribution < 1.29 is 0 Å². The van der Waals surface area contributed by atoms with Gasteiger partial charge in [-0.1, -0.05) is 54.1 Å². The standard InChI is InChI=1S/C21H23ClN4/c1-3-26(15-18-7-5-4-6-8-18)21-24-16(2)13-20(25-21)23-14-17-9-11-19(22)12-10-17/h4-13H,3,14-15H2,1-2H3,(H,23,24,25). The van der Waals surface area contributed by atoms with Crippen LogP contribution >= 0.6 is 11.6 Å². The molecule has 2 aromatic carbocycles. The zero-order valence-corrected chi connectivity index (χ0v) is 15.9. The summed E-state index contributed by atoms with van der Waals surface area (Å²) in [6, 6.07) is 20.2. The van der Waals surface area contributed by atoms with Crippen molar-refractivity contribution in [2.24, 2.45) is 0 Å². The number of aryl methyl sites for hydroxylation is 1. The third-order valence-electron chi connectivity index (χ3n) is 4.11. The van der Waals surface area contributed by atoms with Crippen LogP contribution in [-0.2, 0) is 13.1 Å². The van der Waals surface area contributed by atoms with Gasteiger partial charge >= 0.3 is 0 Å². The molecule has 1 aromatic heterocycles. The van der Waals surface area contributed by atoms with E-state index in [1.54, 1.807) is 0 Å². The van der Waals surface area contributed by atoms with Gasteiger partial charge in [-0.3, -0.25) is 0 Å². The summed E-state index contributed by atoms with van der Waals surface area (Å²) in [4.78, 5) is 11.5. The molecule has 1 heterocycles. The quantitative estimate of drug-likeness (QED) is 0.633. The summed E-state index contributed by atoms with van der Waals surface area (Å²) >= 11 is 5.94. The molecule has 0 spiro atoms. The normalized spacial score (nSPS) is 10.6.